The van der Waals surface area contributed by atoms with E-state index in [4.69, 9.17) is 4.52 Å². The van der Waals surface area contributed by atoms with Crippen molar-refractivity contribution in [2.45, 2.75) is 64.5 Å². The molecule has 0 bridgehead atoms. The Morgan fingerprint density at radius 2 is 2.10 bits per heavy atom. The second-order valence-electron chi connectivity index (χ2n) is 6.95. The van der Waals surface area contributed by atoms with Gasteiger partial charge in [0.2, 0.25) is 5.91 Å². The molecular formula is C14H22N4O2. The van der Waals surface area contributed by atoms with Crippen LogP contribution in [0.25, 0.3) is 0 Å². The topological polar surface area (TPSA) is 80.1 Å². The Kier molecular flexibility index (Phi) is 3.18. The zero-order valence-corrected chi connectivity index (χ0v) is 12.3. The van der Waals surface area contributed by atoms with E-state index in [-0.39, 0.29) is 23.4 Å². The van der Waals surface area contributed by atoms with Crippen LogP contribution >= 0.6 is 0 Å². The van der Waals surface area contributed by atoms with E-state index >= 15 is 0 Å². The standard InChI is InChI=1S/C14H22N4O2/c1-14(2,3)10-7-9(12(19)16-10)15-13-17-11(18-20-13)8-5-4-6-8/h8-10H,4-7H2,1-3H3,(H,16,19)(H,15,17,18)/t9-,10-/m0/s1. The van der Waals surface area contributed by atoms with E-state index in [0.717, 1.165) is 25.1 Å². The Morgan fingerprint density at radius 3 is 2.65 bits per heavy atom. The van der Waals surface area contributed by atoms with E-state index < -0.39 is 0 Å². The number of hydrogen-bond acceptors (Lipinski definition) is 5. The number of rotatable bonds is 3. The van der Waals surface area contributed by atoms with E-state index in [9.17, 15) is 4.79 Å². The van der Waals surface area contributed by atoms with E-state index in [1.807, 2.05) is 0 Å². The van der Waals surface area contributed by atoms with Crippen LogP contribution in [0.2, 0.25) is 0 Å². The van der Waals surface area contributed by atoms with Gasteiger partial charge in [-0.15, -0.1) is 0 Å². The number of hydrogen-bond donors (Lipinski definition) is 2. The summed E-state index contributed by atoms with van der Waals surface area (Å²) >= 11 is 0. The fourth-order valence-electron chi connectivity index (χ4n) is 2.64. The van der Waals surface area contributed by atoms with Crippen molar-refractivity contribution in [2.24, 2.45) is 5.41 Å². The molecule has 110 valence electrons. The highest BCUT2D eigenvalue weighted by Crippen LogP contribution is 2.35. The van der Waals surface area contributed by atoms with Crippen LogP contribution in [0.5, 0.6) is 0 Å². The van der Waals surface area contributed by atoms with Crippen LogP contribution in [0.3, 0.4) is 0 Å². The van der Waals surface area contributed by atoms with E-state index in [1.54, 1.807) is 0 Å². The molecule has 6 heteroatoms. The quantitative estimate of drug-likeness (QED) is 0.884. The molecular weight excluding hydrogens is 256 g/mol. The molecule has 0 spiro atoms. The molecule has 2 fully saturated rings. The summed E-state index contributed by atoms with van der Waals surface area (Å²) in [5.74, 6) is 1.21. The van der Waals surface area contributed by atoms with E-state index in [1.165, 1.54) is 6.42 Å². The first-order valence-electron chi connectivity index (χ1n) is 7.34. The second kappa shape index (κ2) is 4.75. The molecule has 1 aromatic rings. The maximum atomic E-state index is 12.0. The summed E-state index contributed by atoms with van der Waals surface area (Å²) in [4.78, 5) is 16.3. The predicted octanol–water partition coefficient (Wildman–Crippen LogP) is 2.05. The smallest absolute Gasteiger partial charge is 0.322 e. The van der Waals surface area contributed by atoms with Crippen LogP contribution in [-0.2, 0) is 4.79 Å². The lowest BCUT2D eigenvalue weighted by Crippen LogP contribution is -2.37. The maximum Gasteiger partial charge on any atom is 0.322 e. The zero-order valence-electron chi connectivity index (χ0n) is 12.3. The van der Waals surface area contributed by atoms with Crippen LogP contribution in [0.1, 0.15) is 58.2 Å². The van der Waals surface area contributed by atoms with Gasteiger partial charge in [-0.05, 0) is 24.7 Å². The minimum atomic E-state index is -0.283. The molecule has 1 amide bonds. The predicted molar refractivity (Wildman–Crippen MR) is 74.3 cm³/mol. The van der Waals surface area contributed by atoms with Crippen LogP contribution in [0.15, 0.2) is 4.52 Å². The lowest BCUT2D eigenvalue weighted by molar-refractivity contribution is -0.120. The molecule has 1 saturated carbocycles. The zero-order chi connectivity index (χ0) is 14.3. The van der Waals surface area contributed by atoms with Crippen LogP contribution in [0.4, 0.5) is 6.01 Å². The molecule has 2 atom stereocenters. The second-order valence-corrected chi connectivity index (χ2v) is 6.95. The summed E-state index contributed by atoms with van der Waals surface area (Å²) in [6.45, 7) is 6.38. The SMILES string of the molecule is CC(C)(C)[C@@H]1C[C@H](Nc2nc(C3CCC3)no2)C(=O)N1. The van der Waals surface area contributed by atoms with Crippen LogP contribution in [0, 0.1) is 5.41 Å². The Hall–Kier alpha value is -1.59. The summed E-state index contributed by atoms with van der Waals surface area (Å²) in [7, 11) is 0. The fourth-order valence-corrected chi connectivity index (χ4v) is 2.64. The van der Waals surface area contributed by atoms with Gasteiger partial charge in [0.05, 0.1) is 0 Å². The van der Waals surface area contributed by atoms with Gasteiger partial charge in [0.15, 0.2) is 5.82 Å². The summed E-state index contributed by atoms with van der Waals surface area (Å²) in [5, 5.41) is 10.1. The van der Waals surface area contributed by atoms with Gasteiger partial charge in [-0.1, -0.05) is 32.3 Å². The third-order valence-corrected chi connectivity index (χ3v) is 4.36. The molecule has 1 aliphatic heterocycles. The van der Waals surface area contributed by atoms with Crippen molar-refractivity contribution < 1.29 is 9.32 Å². The van der Waals surface area contributed by atoms with Gasteiger partial charge in [-0.3, -0.25) is 4.79 Å². The summed E-state index contributed by atoms with van der Waals surface area (Å²) in [6.07, 6.45) is 4.24. The van der Waals surface area contributed by atoms with Crippen molar-refractivity contribution in [3.8, 4) is 0 Å². The van der Waals surface area contributed by atoms with Gasteiger partial charge in [0.25, 0.3) is 0 Å². The normalized spacial score (nSPS) is 27.2. The monoisotopic (exact) mass is 278 g/mol. The highest BCUT2D eigenvalue weighted by Gasteiger charge is 2.39. The molecule has 0 unspecified atom stereocenters. The fraction of sp³-hybridized carbons (Fsp3) is 0.786. The Labute approximate surface area is 118 Å². The minimum absolute atomic E-state index is 0.00770. The van der Waals surface area contributed by atoms with Crippen molar-refractivity contribution in [2.75, 3.05) is 5.32 Å². The largest absolute Gasteiger partial charge is 0.351 e. The lowest BCUT2D eigenvalue weighted by Gasteiger charge is -2.26. The van der Waals surface area contributed by atoms with Gasteiger partial charge < -0.3 is 15.2 Å². The Balaban J connectivity index is 1.63. The first-order chi connectivity index (χ1) is 9.43. The highest BCUT2D eigenvalue weighted by atomic mass is 16.5. The molecule has 3 rings (SSSR count). The number of nitrogens with one attached hydrogen (secondary N) is 2. The molecule has 1 aliphatic carbocycles. The van der Waals surface area contributed by atoms with Crippen molar-refractivity contribution in [3.05, 3.63) is 5.82 Å². The van der Waals surface area contributed by atoms with Crippen LogP contribution in [-0.4, -0.2) is 28.1 Å². The number of anilines is 1. The average Bonchev–Trinajstić information content (AvgIpc) is 2.85. The molecule has 2 heterocycles. The number of carbonyl (C=O) groups excluding carboxylic acids is 1. The highest BCUT2D eigenvalue weighted by molar-refractivity contribution is 5.86. The van der Waals surface area contributed by atoms with Crippen molar-refractivity contribution in [3.63, 3.8) is 0 Å². The number of amides is 1. The number of carbonyl (C=O) groups is 1. The molecule has 2 N–H and O–H groups in total. The summed E-state index contributed by atoms with van der Waals surface area (Å²) < 4.78 is 5.20. The summed E-state index contributed by atoms with van der Waals surface area (Å²) in [5.41, 5.74) is 0.0536. The maximum absolute atomic E-state index is 12.0. The minimum Gasteiger partial charge on any atom is -0.351 e. The van der Waals surface area contributed by atoms with Gasteiger partial charge in [0, 0.05) is 12.0 Å². The molecule has 1 saturated heterocycles. The van der Waals surface area contributed by atoms with Crippen molar-refractivity contribution in [1.29, 1.82) is 0 Å². The molecule has 20 heavy (non-hydrogen) atoms. The molecule has 2 aliphatic rings. The van der Waals surface area contributed by atoms with Crippen molar-refractivity contribution >= 4 is 11.9 Å². The molecule has 1 aromatic heterocycles. The van der Waals surface area contributed by atoms with Gasteiger partial charge in [0.1, 0.15) is 6.04 Å². The number of aromatic nitrogens is 2. The van der Waals surface area contributed by atoms with Crippen LogP contribution < -0.4 is 10.6 Å². The Morgan fingerprint density at radius 1 is 1.35 bits per heavy atom. The van der Waals surface area contributed by atoms with E-state index in [2.05, 4.69) is 41.5 Å². The van der Waals surface area contributed by atoms with Gasteiger partial charge in [-0.25, -0.2) is 0 Å². The Bertz CT molecular complexity index is 502. The number of nitrogens with zero attached hydrogens (tertiary/aromatic N) is 2. The van der Waals surface area contributed by atoms with Crippen molar-refractivity contribution in [1.82, 2.24) is 15.5 Å². The first-order valence-corrected chi connectivity index (χ1v) is 7.34. The average molecular weight is 278 g/mol. The van der Waals surface area contributed by atoms with E-state index in [0.29, 0.717) is 11.9 Å². The molecule has 0 aromatic carbocycles. The molecule has 0 radical (unpaired) electrons. The third kappa shape index (κ3) is 2.51. The van der Waals surface area contributed by atoms with Gasteiger partial charge in [-0.2, -0.15) is 4.98 Å². The molecule has 6 nitrogen and oxygen atoms in total. The van der Waals surface area contributed by atoms with Gasteiger partial charge >= 0.3 is 6.01 Å². The third-order valence-electron chi connectivity index (χ3n) is 4.36. The summed E-state index contributed by atoms with van der Waals surface area (Å²) in [6, 6.07) is 0.247. The first kappa shape index (κ1) is 13.4. The lowest BCUT2D eigenvalue weighted by atomic mass is 9.85.